The molecule has 1 N–H and O–H groups in total. The third-order valence-corrected chi connectivity index (χ3v) is 6.09. The first-order chi connectivity index (χ1) is 16.8. The highest BCUT2D eigenvalue weighted by molar-refractivity contribution is 6.37. The Balaban J connectivity index is 1.38. The van der Waals surface area contributed by atoms with Gasteiger partial charge in [0.05, 0.1) is 27.6 Å². The van der Waals surface area contributed by atoms with Gasteiger partial charge in [0.15, 0.2) is 5.75 Å². The van der Waals surface area contributed by atoms with Crippen molar-refractivity contribution in [2.45, 2.75) is 6.42 Å². The van der Waals surface area contributed by atoms with E-state index < -0.39 is 6.03 Å². The first kappa shape index (κ1) is 22.9. The van der Waals surface area contributed by atoms with E-state index in [-0.39, 0.29) is 27.5 Å². The number of hydrogen-bond donors (Lipinski definition) is 1. The number of hydrazone groups is 1. The lowest BCUT2D eigenvalue weighted by Crippen LogP contribution is -2.40. The lowest BCUT2D eigenvalue weighted by molar-refractivity contribution is 0.0980. The van der Waals surface area contributed by atoms with Gasteiger partial charge >= 0.3 is 6.03 Å². The summed E-state index contributed by atoms with van der Waals surface area (Å²) in [4.78, 5) is 26.8. The van der Waals surface area contributed by atoms with E-state index in [0.717, 1.165) is 10.6 Å². The predicted octanol–water partition coefficient (Wildman–Crippen LogP) is 6.16. The average Bonchev–Trinajstić information content (AvgIpc) is 2.82. The quantitative estimate of drug-likeness (QED) is 0.456. The summed E-state index contributed by atoms with van der Waals surface area (Å²) in [6.45, 7) is 4.08. The van der Waals surface area contributed by atoms with Crippen LogP contribution in [0.25, 0.3) is 0 Å². The van der Waals surface area contributed by atoms with Gasteiger partial charge in [0.1, 0.15) is 11.6 Å². The minimum absolute atomic E-state index is 0.173. The summed E-state index contributed by atoms with van der Waals surface area (Å²) in [5.74, 6) is 0.128. The van der Waals surface area contributed by atoms with Gasteiger partial charge in [-0.1, -0.05) is 29.8 Å². The molecule has 5 rings (SSSR count). The highest BCUT2D eigenvalue weighted by Crippen LogP contribution is 2.41. The molecule has 0 bridgehead atoms. The Kier molecular flexibility index (Phi) is 5.92. The van der Waals surface area contributed by atoms with Crippen molar-refractivity contribution in [1.29, 1.82) is 0 Å². The van der Waals surface area contributed by atoms with Crippen LogP contribution in [-0.2, 0) is 6.42 Å². The van der Waals surface area contributed by atoms with Crippen LogP contribution in [0.2, 0.25) is 10.0 Å². The van der Waals surface area contributed by atoms with E-state index in [9.17, 15) is 14.0 Å². The maximum Gasteiger partial charge on any atom is 0.347 e. The fraction of sp³-hybridized carbons (Fsp3) is 0.0800. The minimum Gasteiger partial charge on any atom is -0.454 e. The van der Waals surface area contributed by atoms with Gasteiger partial charge in [0.2, 0.25) is 0 Å². The number of urea groups is 1. The molecule has 2 aliphatic rings. The van der Waals surface area contributed by atoms with Crippen LogP contribution in [0.4, 0.5) is 20.6 Å². The van der Waals surface area contributed by atoms with E-state index in [1.807, 2.05) is 0 Å². The molecule has 35 heavy (non-hydrogen) atoms. The molecule has 3 amide bonds. The molecule has 7 nitrogen and oxygen atoms in total. The number of rotatable bonds is 4. The number of fused-ring (bicyclic) bond motifs is 1. The first-order valence-corrected chi connectivity index (χ1v) is 11.3. The second-order valence-electron chi connectivity index (χ2n) is 7.85. The standard InChI is InChI=1S/C25H17Cl2FN4O3/c1-14-13-29-32(25(34)30-14)18-11-21(26)23(22(27)12-18)35-19-6-7-20-15(10-19)8-9-31(24(20)33)17-4-2-16(28)3-5-17/h2-7,10-13H,1,8-9H2,(H,30,34). The third kappa shape index (κ3) is 4.45. The Labute approximate surface area is 210 Å². The molecule has 3 aromatic rings. The summed E-state index contributed by atoms with van der Waals surface area (Å²) in [5.41, 5.74) is 2.71. The number of allylic oxidation sites excluding steroid dienone is 1. The summed E-state index contributed by atoms with van der Waals surface area (Å²) in [6, 6.07) is 13.4. The smallest absolute Gasteiger partial charge is 0.347 e. The van der Waals surface area contributed by atoms with Crippen LogP contribution in [0, 0.1) is 5.82 Å². The average molecular weight is 511 g/mol. The van der Waals surface area contributed by atoms with Crippen molar-refractivity contribution in [1.82, 2.24) is 5.32 Å². The molecule has 0 saturated heterocycles. The molecule has 0 fully saturated rings. The summed E-state index contributed by atoms with van der Waals surface area (Å²) in [7, 11) is 0. The molecule has 0 unspecified atom stereocenters. The maximum atomic E-state index is 13.3. The largest absolute Gasteiger partial charge is 0.454 e. The molecule has 10 heteroatoms. The van der Waals surface area contributed by atoms with Crippen molar-refractivity contribution in [3.63, 3.8) is 0 Å². The fourth-order valence-electron chi connectivity index (χ4n) is 3.87. The van der Waals surface area contributed by atoms with Crippen LogP contribution in [-0.4, -0.2) is 24.7 Å². The number of ether oxygens (including phenoxy) is 1. The Morgan fingerprint density at radius 3 is 2.40 bits per heavy atom. The Morgan fingerprint density at radius 1 is 1.00 bits per heavy atom. The van der Waals surface area contributed by atoms with E-state index in [1.165, 1.54) is 30.5 Å². The number of carbonyl (C=O) groups is 2. The molecule has 2 heterocycles. The minimum atomic E-state index is -0.493. The van der Waals surface area contributed by atoms with Gasteiger partial charge < -0.3 is 15.0 Å². The normalized spacial score (nSPS) is 15.2. The van der Waals surface area contributed by atoms with Crippen LogP contribution in [0.1, 0.15) is 15.9 Å². The lowest BCUT2D eigenvalue weighted by atomic mass is 9.98. The van der Waals surface area contributed by atoms with E-state index in [1.54, 1.807) is 35.2 Å². The molecule has 2 aliphatic heterocycles. The van der Waals surface area contributed by atoms with Gasteiger partial charge in [-0.2, -0.15) is 10.1 Å². The number of hydrogen-bond acceptors (Lipinski definition) is 4. The molecule has 0 aliphatic carbocycles. The first-order valence-electron chi connectivity index (χ1n) is 10.5. The molecular formula is C25H17Cl2FN4O3. The summed E-state index contributed by atoms with van der Waals surface area (Å²) >= 11 is 12.8. The molecule has 0 radical (unpaired) electrons. The van der Waals surface area contributed by atoms with Gasteiger partial charge in [0, 0.05) is 17.8 Å². The summed E-state index contributed by atoms with van der Waals surface area (Å²) in [6.07, 6.45) is 1.99. The maximum absolute atomic E-state index is 13.3. The van der Waals surface area contributed by atoms with Crippen molar-refractivity contribution < 1.29 is 18.7 Å². The molecule has 3 aromatic carbocycles. The molecule has 0 aromatic heterocycles. The number of benzene rings is 3. The Morgan fingerprint density at radius 2 is 1.71 bits per heavy atom. The van der Waals surface area contributed by atoms with Gasteiger partial charge in [-0.15, -0.1) is 0 Å². The number of amides is 3. The van der Waals surface area contributed by atoms with E-state index in [2.05, 4.69) is 17.0 Å². The Bertz CT molecular complexity index is 1390. The fourth-order valence-corrected chi connectivity index (χ4v) is 4.42. The monoisotopic (exact) mass is 510 g/mol. The SMILES string of the molecule is C=C1C=NN(c2cc(Cl)c(Oc3ccc4c(c3)CCN(c3ccc(F)cc3)C4=O)c(Cl)c2)C(=O)N1. The van der Waals surface area contributed by atoms with Crippen LogP contribution < -0.4 is 20.0 Å². The highest BCUT2D eigenvalue weighted by atomic mass is 35.5. The van der Waals surface area contributed by atoms with Crippen molar-refractivity contribution in [2.75, 3.05) is 16.5 Å². The van der Waals surface area contributed by atoms with Gasteiger partial charge in [-0.05, 0) is 66.6 Å². The lowest BCUT2D eigenvalue weighted by Gasteiger charge is -2.29. The van der Waals surface area contributed by atoms with Crippen LogP contribution in [0.5, 0.6) is 11.5 Å². The van der Waals surface area contributed by atoms with Crippen molar-refractivity contribution in [2.24, 2.45) is 5.10 Å². The topological polar surface area (TPSA) is 74.2 Å². The highest BCUT2D eigenvalue weighted by Gasteiger charge is 2.27. The van der Waals surface area contributed by atoms with Gasteiger partial charge in [-0.25, -0.2) is 9.18 Å². The number of anilines is 2. The van der Waals surface area contributed by atoms with E-state index in [4.69, 9.17) is 27.9 Å². The second-order valence-corrected chi connectivity index (χ2v) is 8.67. The molecule has 176 valence electrons. The van der Waals surface area contributed by atoms with Crippen LogP contribution in [0.15, 0.2) is 72.0 Å². The van der Waals surface area contributed by atoms with Crippen molar-refractivity contribution >= 4 is 52.7 Å². The zero-order valence-corrected chi connectivity index (χ0v) is 19.6. The zero-order valence-electron chi connectivity index (χ0n) is 18.1. The van der Waals surface area contributed by atoms with Gasteiger partial charge in [0.25, 0.3) is 5.91 Å². The molecular weight excluding hydrogens is 494 g/mol. The van der Waals surface area contributed by atoms with Crippen molar-refractivity contribution in [3.05, 3.63) is 93.9 Å². The summed E-state index contributed by atoms with van der Waals surface area (Å²) in [5, 5.41) is 8.04. The number of nitrogens with zero attached hydrogens (tertiary/aromatic N) is 3. The van der Waals surface area contributed by atoms with Crippen LogP contribution in [0.3, 0.4) is 0 Å². The van der Waals surface area contributed by atoms with Gasteiger partial charge in [-0.3, -0.25) is 4.79 Å². The Hall–Kier alpha value is -3.88. The number of carbonyl (C=O) groups excluding carboxylic acids is 2. The molecule has 0 atom stereocenters. The second kappa shape index (κ2) is 9.05. The third-order valence-electron chi connectivity index (χ3n) is 5.53. The van der Waals surface area contributed by atoms with E-state index in [0.29, 0.717) is 41.4 Å². The van der Waals surface area contributed by atoms with E-state index >= 15 is 0 Å². The zero-order chi connectivity index (χ0) is 24.7. The molecule has 0 spiro atoms. The number of halogens is 3. The number of nitrogens with one attached hydrogen (secondary N) is 1. The van der Waals surface area contributed by atoms with Crippen LogP contribution >= 0.6 is 23.2 Å². The predicted molar refractivity (Wildman–Crippen MR) is 133 cm³/mol. The summed E-state index contributed by atoms with van der Waals surface area (Å²) < 4.78 is 19.2. The molecule has 0 saturated carbocycles. The van der Waals surface area contributed by atoms with Crippen molar-refractivity contribution in [3.8, 4) is 11.5 Å².